The lowest BCUT2D eigenvalue weighted by Crippen LogP contribution is -2.70. The highest BCUT2D eigenvalue weighted by Gasteiger charge is 2.45. The van der Waals surface area contributed by atoms with E-state index < -0.39 is 8.07 Å². The number of hydrogen-bond donors (Lipinski definition) is 0. The van der Waals surface area contributed by atoms with Gasteiger partial charge in [0.1, 0.15) is 0 Å². The van der Waals surface area contributed by atoms with E-state index in [0.717, 1.165) is 6.42 Å². The molecule has 0 saturated carbocycles. The molecule has 0 amide bonds. The van der Waals surface area contributed by atoms with Crippen molar-refractivity contribution in [2.24, 2.45) is 0 Å². The van der Waals surface area contributed by atoms with Crippen molar-refractivity contribution >= 4 is 23.6 Å². The van der Waals surface area contributed by atoms with Crippen LogP contribution in [0.5, 0.6) is 0 Å². The van der Waals surface area contributed by atoms with Crippen molar-refractivity contribution in [3.05, 3.63) is 120 Å². The highest BCUT2D eigenvalue weighted by Crippen LogP contribution is 2.30. The standard InChI is InChI=1S/C26H25Si/c1-2-12-22-19-20-26(21-22)27(23-13-6-3-7-14-23,24-15-8-4-9-16-24)25-17-10-5-11-18-25/h3-11,13-21H,2,12H2,1H3. The molecule has 0 N–H and O–H groups in total. The predicted octanol–water partition coefficient (Wildman–Crippen LogP) is 4.57. The molecule has 133 valence electrons. The van der Waals surface area contributed by atoms with Crippen molar-refractivity contribution in [3.63, 3.8) is 0 Å². The molecule has 0 atom stereocenters. The van der Waals surface area contributed by atoms with Crippen molar-refractivity contribution in [1.29, 1.82) is 0 Å². The summed E-state index contributed by atoms with van der Waals surface area (Å²) in [6.45, 7) is 2.25. The molecule has 0 unspecified atom stereocenters. The Bertz CT molecular complexity index is 827. The summed E-state index contributed by atoms with van der Waals surface area (Å²) in [5, 5.41) is 4.32. The second-order valence-corrected chi connectivity index (χ2v) is 10.9. The molecule has 0 nitrogen and oxygen atoms in total. The van der Waals surface area contributed by atoms with Gasteiger partial charge in [-0.25, -0.2) is 0 Å². The Morgan fingerprint density at radius 2 is 1.04 bits per heavy atom. The third-order valence-electron chi connectivity index (χ3n) is 5.41. The van der Waals surface area contributed by atoms with Gasteiger partial charge in [0.05, 0.1) is 0 Å². The van der Waals surface area contributed by atoms with E-state index in [1.807, 2.05) is 0 Å². The van der Waals surface area contributed by atoms with Gasteiger partial charge >= 0.3 is 0 Å². The Morgan fingerprint density at radius 1 is 0.593 bits per heavy atom. The van der Waals surface area contributed by atoms with Crippen molar-refractivity contribution in [1.82, 2.24) is 0 Å². The first kappa shape index (κ1) is 17.8. The Balaban J connectivity index is 2.01. The molecule has 1 aliphatic carbocycles. The number of rotatable bonds is 6. The van der Waals surface area contributed by atoms with Gasteiger partial charge in [0, 0.05) is 5.54 Å². The van der Waals surface area contributed by atoms with Crippen molar-refractivity contribution < 1.29 is 0 Å². The molecule has 0 spiro atoms. The molecule has 0 aliphatic heterocycles. The van der Waals surface area contributed by atoms with Crippen molar-refractivity contribution in [3.8, 4) is 0 Å². The average molecular weight is 366 g/mol. The topological polar surface area (TPSA) is 0 Å². The zero-order chi connectivity index (χ0) is 18.5. The Labute approximate surface area is 163 Å². The van der Waals surface area contributed by atoms with Crippen molar-refractivity contribution in [2.45, 2.75) is 19.8 Å². The first-order valence-corrected chi connectivity index (χ1v) is 11.8. The van der Waals surface area contributed by atoms with Gasteiger partial charge in [-0.2, -0.15) is 0 Å². The molecular formula is C26H25Si. The van der Waals surface area contributed by atoms with E-state index in [1.54, 1.807) is 0 Å². The molecule has 3 aromatic carbocycles. The van der Waals surface area contributed by atoms with Crippen LogP contribution in [0.3, 0.4) is 0 Å². The van der Waals surface area contributed by atoms with Gasteiger partial charge in [-0.1, -0.05) is 128 Å². The zero-order valence-electron chi connectivity index (χ0n) is 15.8. The maximum absolute atomic E-state index is 2.46. The minimum absolute atomic E-state index is 1.14. The van der Waals surface area contributed by atoms with Crippen LogP contribution in [-0.2, 0) is 0 Å². The predicted molar refractivity (Wildman–Crippen MR) is 119 cm³/mol. The molecule has 4 rings (SSSR count). The van der Waals surface area contributed by atoms with Crippen LogP contribution < -0.4 is 15.6 Å². The molecule has 3 aromatic rings. The normalized spacial score (nSPS) is 14.3. The van der Waals surface area contributed by atoms with Gasteiger partial charge in [0.2, 0.25) is 0 Å². The van der Waals surface area contributed by atoms with Gasteiger partial charge in [0.25, 0.3) is 0 Å². The largest absolute Gasteiger partial charge is 0.162 e. The van der Waals surface area contributed by atoms with Crippen LogP contribution in [0.25, 0.3) is 0 Å². The molecule has 0 heterocycles. The Hall–Kier alpha value is -2.64. The molecule has 0 fully saturated rings. The fourth-order valence-electron chi connectivity index (χ4n) is 4.23. The minimum Gasteiger partial charge on any atom is -0.0750 e. The summed E-state index contributed by atoms with van der Waals surface area (Å²) in [7, 11) is -2.31. The van der Waals surface area contributed by atoms with Gasteiger partial charge in [-0.15, -0.1) is 0 Å². The zero-order valence-corrected chi connectivity index (χ0v) is 16.8. The molecule has 0 saturated heterocycles. The maximum Gasteiger partial charge on any atom is 0.162 e. The summed E-state index contributed by atoms with van der Waals surface area (Å²) in [6.07, 6.45) is 9.49. The minimum atomic E-state index is -2.31. The number of benzene rings is 3. The molecule has 0 aromatic heterocycles. The Morgan fingerprint density at radius 3 is 1.44 bits per heavy atom. The third-order valence-corrected chi connectivity index (χ3v) is 10.2. The lowest BCUT2D eigenvalue weighted by Gasteiger charge is -2.37. The summed E-state index contributed by atoms with van der Waals surface area (Å²) < 4.78 is 0. The van der Waals surface area contributed by atoms with Gasteiger partial charge in [0.15, 0.2) is 8.07 Å². The van der Waals surface area contributed by atoms with Crippen LogP contribution >= 0.6 is 0 Å². The van der Waals surface area contributed by atoms with E-state index in [-0.39, 0.29) is 0 Å². The number of hydrogen-bond acceptors (Lipinski definition) is 0. The van der Waals surface area contributed by atoms with Gasteiger partial charge in [-0.05, 0) is 22.0 Å². The molecule has 0 bridgehead atoms. The van der Waals surface area contributed by atoms with E-state index >= 15 is 0 Å². The summed E-state index contributed by atoms with van der Waals surface area (Å²) in [5.41, 5.74) is 2.93. The SMILES string of the molecule is CCCC1=C[C]([Si](c2ccccc2)(c2ccccc2)c2ccccc2)C=C1. The fraction of sp³-hybridized carbons (Fsp3) is 0.115. The third kappa shape index (κ3) is 3.24. The Kier molecular flexibility index (Phi) is 5.22. The monoisotopic (exact) mass is 365 g/mol. The van der Waals surface area contributed by atoms with E-state index in [4.69, 9.17) is 0 Å². The average Bonchev–Trinajstić information content (AvgIpc) is 3.20. The first-order valence-electron chi connectivity index (χ1n) is 9.78. The summed E-state index contributed by atoms with van der Waals surface area (Å²) in [6, 6.07) is 33.3. The van der Waals surface area contributed by atoms with Gasteiger partial charge < -0.3 is 0 Å². The van der Waals surface area contributed by atoms with Crippen LogP contribution in [0.1, 0.15) is 19.8 Å². The van der Waals surface area contributed by atoms with Gasteiger partial charge in [-0.3, -0.25) is 0 Å². The van der Waals surface area contributed by atoms with E-state index in [0.29, 0.717) is 0 Å². The molecule has 1 aliphatic rings. The van der Waals surface area contributed by atoms with Crippen LogP contribution in [0, 0.1) is 5.54 Å². The second-order valence-electron chi connectivity index (χ2n) is 7.11. The molecule has 1 heteroatoms. The summed E-state index contributed by atoms with van der Waals surface area (Å²) >= 11 is 0. The lowest BCUT2D eigenvalue weighted by molar-refractivity contribution is 0.928. The van der Waals surface area contributed by atoms with Crippen LogP contribution in [0.15, 0.2) is 115 Å². The van der Waals surface area contributed by atoms with E-state index in [9.17, 15) is 0 Å². The van der Waals surface area contributed by atoms with Crippen molar-refractivity contribution in [2.75, 3.05) is 0 Å². The maximum atomic E-state index is 2.46. The molecule has 1 radical (unpaired) electrons. The van der Waals surface area contributed by atoms with Crippen LogP contribution in [0.2, 0.25) is 0 Å². The number of allylic oxidation sites excluding steroid dienone is 4. The first-order chi connectivity index (χ1) is 13.4. The smallest absolute Gasteiger partial charge is 0.0750 e. The fourth-order valence-corrected chi connectivity index (χ4v) is 9.05. The van der Waals surface area contributed by atoms with E-state index in [2.05, 4.69) is 116 Å². The van der Waals surface area contributed by atoms with Crippen LogP contribution in [-0.4, -0.2) is 8.07 Å². The quantitative estimate of drug-likeness (QED) is 0.443. The van der Waals surface area contributed by atoms with Crippen LogP contribution in [0.4, 0.5) is 0 Å². The lowest BCUT2D eigenvalue weighted by atomic mass is 10.2. The molecule has 27 heavy (non-hydrogen) atoms. The highest BCUT2D eigenvalue weighted by atomic mass is 28.3. The summed E-state index contributed by atoms with van der Waals surface area (Å²) in [5.74, 6) is 0. The van der Waals surface area contributed by atoms with E-state index in [1.165, 1.54) is 33.1 Å². The highest BCUT2D eigenvalue weighted by molar-refractivity contribution is 7.15. The molecular weight excluding hydrogens is 340 g/mol. The summed E-state index contributed by atoms with van der Waals surface area (Å²) in [4.78, 5) is 0. The second kappa shape index (κ2) is 7.94.